The molecule has 0 amide bonds. The normalized spacial score (nSPS) is 20.3. The Hall–Kier alpha value is -1.63. The van der Waals surface area contributed by atoms with Crippen molar-refractivity contribution >= 4 is 0 Å². The summed E-state index contributed by atoms with van der Waals surface area (Å²) in [5.74, 6) is 0.400. The quantitative estimate of drug-likeness (QED) is 0.619. The Labute approximate surface area is 133 Å². The van der Waals surface area contributed by atoms with E-state index in [1.807, 2.05) is 12.1 Å². The molecule has 1 heteroatoms. The number of benzene rings is 2. The fourth-order valence-corrected chi connectivity index (χ4v) is 3.95. The van der Waals surface area contributed by atoms with Crippen molar-refractivity contribution in [3.8, 4) is 11.1 Å². The molecule has 0 radical (unpaired) electrons. The molecule has 0 N–H and O–H groups in total. The van der Waals surface area contributed by atoms with Gasteiger partial charge in [-0.2, -0.15) is 0 Å². The second-order valence-corrected chi connectivity index (χ2v) is 7.19. The average molecular weight is 296 g/mol. The van der Waals surface area contributed by atoms with Crippen LogP contribution in [-0.2, 0) is 6.42 Å². The highest BCUT2D eigenvalue weighted by Crippen LogP contribution is 2.51. The SMILES string of the molecule is CCc1ccc(-c2ccccc2F)c([C@@H]2CCCC2(C)C)c1. The van der Waals surface area contributed by atoms with Crippen molar-refractivity contribution in [1.82, 2.24) is 0 Å². The van der Waals surface area contributed by atoms with Gasteiger partial charge in [0.25, 0.3) is 0 Å². The van der Waals surface area contributed by atoms with Crippen LogP contribution in [0.1, 0.15) is 57.1 Å². The number of aryl methyl sites for hydroxylation is 1. The van der Waals surface area contributed by atoms with Crippen LogP contribution in [0.2, 0.25) is 0 Å². The molecule has 0 unspecified atom stereocenters. The summed E-state index contributed by atoms with van der Waals surface area (Å²) in [5, 5.41) is 0. The summed E-state index contributed by atoms with van der Waals surface area (Å²) in [4.78, 5) is 0. The first-order chi connectivity index (χ1) is 10.5. The smallest absolute Gasteiger partial charge is 0.131 e. The second kappa shape index (κ2) is 5.87. The lowest BCUT2D eigenvalue weighted by molar-refractivity contribution is 0.332. The van der Waals surface area contributed by atoms with E-state index in [4.69, 9.17) is 0 Å². The van der Waals surface area contributed by atoms with Gasteiger partial charge >= 0.3 is 0 Å². The molecule has 1 aliphatic carbocycles. The van der Waals surface area contributed by atoms with E-state index in [1.54, 1.807) is 12.1 Å². The van der Waals surface area contributed by atoms with Gasteiger partial charge in [0.05, 0.1) is 0 Å². The van der Waals surface area contributed by atoms with E-state index >= 15 is 0 Å². The van der Waals surface area contributed by atoms with E-state index < -0.39 is 0 Å². The minimum absolute atomic E-state index is 0.121. The van der Waals surface area contributed by atoms with Crippen molar-refractivity contribution in [2.24, 2.45) is 5.41 Å². The van der Waals surface area contributed by atoms with E-state index in [0.29, 0.717) is 11.3 Å². The third kappa shape index (κ3) is 2.69. The fourth-order valence-electron chi connectivity index (χ4n) is 3.95. The van der Waals surface area contributed by atoms with Gasteiger partial charge in [0, 0.05) is 5.56 Å². The van der Waals surface area contributed by atoms with Crippen molar-refractivity contribution < 1.29 is 4.39 Å². The Morgan fingerprint density at radius 1 is 1.09 bits per heavy atom. The Morgan fingerprint density at radius 2 is 1.86 bits per heavy atom. The first kappa shape index (κ1) is 15.3. The van der Waals surface area contributed by atoms with E-state index in [0.717, 1.165) is 17.5 Å². The van der Waals surface area contributed by atoms with Crippen LogP contribution in [0.3, 0.4) is 0 Å². The van der Waals surface area contributed by atoms with E-state index in [-0.39, 0.29) is 5.82 Å². The molecule has 1 fully saturated rings. The molecule has 0 spiro atoms. The summed E-state index contributed by atoms with van der Waals surface area (Å²) < 4.78 is 14.3. The van der Waals surface area contributed by atoms with Gasteiger partial charge in [-0.25, -0.2) is 4.39 Å². The predicted octanol–water partition coefficient (Wildman–Crippen LogP) is 6.35. The first-order valence-electron chi connectivity index (χ1n) is 8.40. The zero-order valence-corrected chi connectivity index (χ0v) is 13.8. The standard InChI is InChI=1S/C21H25F/c1-4-15-11-12-16(17-8-5-6-10-20(17)22)18(14-15)19-9-7-13-21(19,2)3/h5-6,8,10-12,14,19H,4,7,9,13H2,1-3H3/t19-/m0/s1. The predicted molar refractivity (Wildman–Crippen MR) is 91.6 cm³/mol. The van der Waals surface area contributed by atoms with Gasteiger partial charge in [-0.1, -0.05) is 63.6 Å². The minimum atomic E-state index is -0.121. The average Bonchev–Trinajstić information content (AvgIpc) is 2.86. The van der Waals surface area contributed by atoms with Crippen LogP contribution in [0, 0.1) is 11.2 Å². The van der Waals surface area contributed by atoms with Gasteiger partial charge in [0.2, 0.25) is 0 Å². The summed E-state index contributed by atoms with van der Waals surface area (Å²) in [6.45, 7) is 6.89. The molecule has 116 valence electrons. The summed E-state index contributed by atoms with van der Waals surface area (Å²) in [7, 11) is 0. The molecule has 1 aliphatic rings. The molecule has 3 rings (SSSR count). The highest BCUT2D eigenvalue weighted by atomic mass is 19.1. The highest BCUT2D eigenvalue weighted by Gasteiger charge is 2.36. The molecular formula is C21H25F. The summed E-state index contributed by atoms with van der Waals surface area (Å²) in [6.07, 6.45) is 4.76. The van der Waals surface area contributed by atoms with Gasteiger partial charge in [-0.05, 0) is 53.4 Å². The number of rotatable bonds is 3. The Bertz CT molecular complexity index is 669. The van der Waals surface area contributed by atoms with Crippen molar-refractivity contribution in [2.45, 2.75) is 52.4 Å². The van der Waals surface area contributed by atoms with E-state index in [1.165, 1.54) is 30.4 Å². The summed E-state index contributed by atoms with van der Waals surface area (Å²) in [6, 6.07) is 13.7. The van der Waals surface area contributed by atoms with Crippen LogP contribution in [-0.4, -0.2) is 0 Å². The first-order valence-corrected chi connectivity index (χ1v) is 8.40. The van der Waals surface area contributed by atoms with Crippen molar-refractivity contribution in [2.75, 3.05) is 0 Å². The van der Waals surface area contributed by atoms with Crippen LogP contribution < -0.4 is 0 Å². The molecular weight excluding hydrogens is 271 g/mol. The molecule has 1 saturated carbocycles. The second-order valence-electron chi connectivity index (χ2n) is 7.19. The number of hydrogen-bond donors (Lipinski definition) is 0. The number of hydrogen-bond acceptors (Lipinski definition) is 0. The topological polar surface area (TPSA) is 0 Å². The van der Waals surface area contributed by atoms with Crippen molar-refractivity contribution in [3.05, 3.63) is 59.4 Å². The fraction of sp³-hybridized carbons (Fsp3) is 0.429. The maximum absolute atomic E-state index is 14.3. The Kier molecular flexibility index (Phi) is 4.08. The lowest BCUT2D eigenvalue weighted by Crippen LogP contribution is -2.16. The van der Waals surface area contributed by atoms with E-state index in [9.17, 15) is 4.39 Å². The van der Waals surface area contributed by atoms with Crippen LogP contribution in [0.5, 0.6) is 0 Å². The summed E-state index contributed by atoms with van der Waals surface area (Å²) in [5.41, 5.74) is 4.80. The van der Waals surface area contributed by atoms with Gasteiger partial charge in [0.1, 0.15) is 5.82 Å². The molecule has 1 atom stereocenters. The highest BCUT2D eigenvalue weighted by molar-refractivity contribution is 5.69. The third-order valence-corrected chi connectivity index (χ3v) is 5.32. The number of halogens is 1. The van der Waals surface area contributed by atoms with E-state index in [2.05, 4.69) is 39.0 Å². The third-order valence-electron chi connectivity index (χ3n) is 5.32. The molecule has 22 heavy (non-hydrogen) atoms. The van der Waals surface area contributed by atoms with Crippen LogP contribution in [0.25, 0.3) is 11.1 Å². The molecule has 0 aromatic heterocycles. The van der Waals surface area contributed by atoms with Crippen LogP contribution in [0.4, 0.5) is 4.39 Å². The molecule has 0 aliphatic heterocycles. The minimum Gasteiger partial charge on any atom is -0.206 e. The van der Waals surface area contributed by atoms with Gasteiger partial charge < -0.3 is 0 Å². The largest absolute Gasteiger partial charge is 0.206 e. The monoisotopic (exact) mass is 296 g/mol. The molecule has 0 saturated heterocycles. The lowest BCUT2D eigenvalue weighted by Gasteiger charge is -2.29. The Morgan fingerprint density at radius 3 is 2.50 bits per heavy atom. The summed E-state index contributed by atoms with van der Waals surface area (Å²) >= 11 is 0. The van der Waals surface area contributed by atoms with Crippen LogP contribution >= 0.6 is 0 Å². The van der Waals surface area contributed by atoms with Crippen molar-refractivity contribution in [3.63, 3.8) is 0 Å². The molecule has 0 bridgehead atoms. The van der Waals surface area contributed by atoms with Gasteiger partial charge in [-0.15, -0.1) is 0 Å². The maximum Gasteiger partial charge on any atom is 0.131 e. The molecule has 2 aromatic carbocycles. The lowest BCUT2D eigenvalue weighted by atomic mass is 9.75. The molecule has 0 heterocycles. The molecule has 0 nitrogen and oxygen atoms in total. The van der Waals surface area contributed by atoms with Crippen molar-refractivity contribution in [1.29, 1.82) is 0 Å². The molecule has 2 aromatic rings. The zero-order valence-electron chi connectivity index (χ0n) is 13.8. The van der Waals surface area contributed by atoms with Gasteiger partial charge in [0.15, 0.2) is 0 Å². The van der Waals surface area contributed by atoms with Crippen LogP contribution in [0.15, 0.2) is 42.5 Å². The maximum atomic E-state index is 14.3. The zero-order chi connectivity index (χ0) is 15.7. The van der Waals surface area contributed by atoms with Gasteiger partial charge in [-0.3, -0.25) is 0 Å². The Balaban J connectivity index is 2.17.